The van der Waals surface area contributed by atoms with Gasteiger partial charge in [-0.2, -0.15) is 0 Å². The predicted octanol–water partition coefficient (Wildman–Crippen LogP) is 0.270. The Bertz CT molecular complexity index is 209. The Morgan fingerprint density at radius 3 is 2.57 bits per heavy atom. The second-order valence-electron chi connectivity index (χ2n) is 3.95. The van der Waals surface area contributed by atoms with Crippen molar-refractivity contribution in [2.45, 2.75) is 18.9 Å². The van der Waals surface area contributed by atoms with Crippen LogP contribution in [0.15, 0.2) is 0 Å². The molecule has 1 saturated carbocycles. The predicted molar refractivity (Wildman–Crippen MR) is 50.9 cm³/mol. The summed E-state index contributed by atoms with van der Waals surface area (Å²) in [6, 6.07) is -0.0103. The van der Waals surface area contributed by atoms with Gasteiger partial charge in [0.05, 0.1) is 20.3 Å². The van der Waals surface area contributed by atoms with Crippen molar-refractivity contribution in [3.05, 3.63) is 0 Å². The number of ether oxygens (including phenoxy) is 2. The smallest absolute Gasteiger partial charge is 0.323 e. The molecule has 1 aliphatic carbocycles. The molecule has 14 heavy (non-hydrogen) atoms. The van der Waals surface area contributed by atoms with Crippen LogP contribution in [0.1, 0.15) is 12.8 Å². The molecule has 1 atom stereocenters. The molecule has 4 nitrogen and oxygen atoms in total. The largest absolute Gasteiger partial charge is 0.468 e. The minimum atomic E-state index is -0.0746. The van der Waals surface area contributed by atoms with E-state index < -0.39 is 0 Å². The van der Waals surface area contributed by atoms with Gasteiger partial charge in [0.2, 0.25) is 0 Å². The summed E-state index contributed by atoms with van der Waals surface area (Å²) in [5, 5.41) is 0. The Balaban J connectivity index is 1.97. The van der Waals surface area contributed by atoms with Gasteiger partial charge in [-0.15, -0.1) is 0 Å². The summed E-state index contributed by atoms with van der Waals surface area (Å²) in [6.45, 7) is 3.19. The molecule has 0 aromatic heterocycles. The fourth-order valence-corrected chi connectivity index (χ4v) is 2.03. The molecular weight excluding hydrogens is 182 g/mol. The summed E-state index contributed by atoms with van der Waals surface area (Å²) in [4.78, 5) is 13.8. The standard InChI is InChI=1S/C10H17NO3/c1-13-10(12)9(8-2-3-8)11-4-6-14-7-5-11/h8-9H,2-7H2,1H3. The van der Waals surface area contributed by atoms with E-state index in [4.69, 9.17) is 9.47 Å². The highest BCUT2D eigenvalue weighted by molar-refractivity contribution is 5.76. The molecule has 2 aliphatic rings. The van der Waals surface area contributed by atoms with Gasteiger partial charge in [0.15, 0.2) is 0 Å². The third kappa shape index (κ3) is 2.07. The first kappa shape index (κ1) is 9.93. The number of carbonyl (C=O) groups is 1. The molecule has 2 rings (SSSR count). The average Bonchev–Trinajstić information content (AvgIpc) is 3.04. The minimum Gasteiger partial charge on any atom is -0.468 e. The lowest BCUT2D eigenvalue weighted by Gasteiger charge is -2.32. The first-order chi connectivity index (χ1) is 6.83. The lowest BCUT2D eigenvalue weighted by molar-refractivity contribution is -0.149. The van der Waals surface area contributed by atoms with Gasteiger partial charge < -0.3 is 9.47 Å². The fourth-order valence-electron chi connectivity index (χ4n) is 2.03. The van der Waals surface area contributed by atoms with Crippen LogP contribution in [0.5, 0.6) is 0 Å². The molecule has 0 radical (unpaired) electrons. The Kier molecular flexibility index (Phi) is 3.03. The average molecular weight is 199 g/mol. The molecule has 1 aliphatic heterocycles. The van der Waals surface area contributed by atoms with Gasteiger partial charge in [0.1, 0.15) is 6.04 Å². The highest BCUT2D eigenvalue weighted by Crippen LogP contribution is 2.36. The topological polar surface area (TPSA) is 38.8 Å². The van der Waals surface area contributed by atoms with E-state index in [9.17, 15) is 4.79 Å². The van der Waals surface area contributed by atoms with E-state index in [1.807, 2.05) is 0 Å². The molecule has 1 saturated heterocycles. The monoisotopic (exact) mass is 199 g/mol. The highest BCUT2D eigenvalue weighted by atomic mass is 16.5. The maximum absolute atomic E-state index is 11.6. The Morgan fingerprint density at radius 1 is 1.43 bits per heavy atom. The van der Waals surface area contributed by atoms with Gasteiger partial charge in [-0.25, -0.2) is 0 Å². The third-order valence-corrected chi connectivity index (χ3v) is 2.95. The number of nitrogens with zero attached hydrogens (tertiary/aromatic N) is 1. The second-order valence-corrected chi connectivity index (χ2v) is 3.95. The zero-order chi connectivity index (χ0) is 9.97. The number of rotatable bonds is 3. The number of morpholine rings is 1. The summed E-state index contributed by atoms with van der Waals surface area (Å²) in [7, 11) is 1.47. The number of hydrogen-bond acceptors (Lipinski definition) is 4. The first-order valence-electron chi connectivity index (χ1n) is 5.22. The van der Waals surface area contributed by atoms with Crippen molar-refractivity contribution in [1.82, 2.24) is 4.90 Å². The van der Waals surface area contributed by atoms with Crippen LogP contribution in [-0.2, 0) is 14.3 Å². The van der Waals surface area contributed by atoms with Crippen LogP contribution in [0.2, 0.25) is 0 Å². The van der Waals surface area contributed by atoms with Crippen molar-refractivity contribution in [3.63, 3.8) is 0 Å². The highest BCUT2D eigenvalue weighted by Gasteiger charge is 2.41. The van der Waals surface area contributed by atoms with Gasteiger partial charge in [0.25, 0.3) is 0 Å². The normalized spacial score (nSPS) is 25.8. The van der Waals surface area contributed by atoms with E-state index in [1.54, 1.807) is 0 Å². The van der Waals surface area contributed by atoms with Crippen molar-refractivity contribution >= 4 is 5.97 Å². The van der Waals surface area contributed by atoms with Crippen LogP contribution in [0.25, 0.3) is 0 Å². The van der Waals surface area contributed by atoms with Crippen LogP contribution >= 0.6 is 0 Å². The van der Waals surface area contributed by atoms with Crippen molar-refractivity contribution in [3.8, 4) is 0 Å². The number of hydrogen-bond donors (Lipinski definition) is 0. The number of carbonyl (C=O) groups excluding carboxylic acids is 1. The maximum Gasteiger partial charge on any atom is 0.323 e. The summed E-state index contributed by atoms with van der Waals surface area (Å²) < 4.78 is 10.1. The van der Waals surface area contributed by atoms with Crippen LogP contribution in [0, 0.1) is 5.92 Å². The van der Waals surface area contributed by atoms with Crippen molar-refractivity contribution < 1.29 is 14.3 Å². The Labute approximate surface area is 84.2 Å². The molecule has 0 aromatic rings. The first-order valence-corrected chi connectivity index (χ1v) is 5.22. The van der Waals surface area contributed by atoms with Gasteiger partial charge in [0, 0.05) is 13.1 Å². The van der Waals surface area contributed by atoms with E-state index in [-0.39, 0.29) is 12.0 Å². The maximum atomic E-state index is 11.6. The quantitative estimate of drug-likeness (QED) is 0.612. The summed E-state index contributed by atoms with van der Waals surface area (Å²) in [5.74, 6) is 0.454. The lowest BCUT2D eigenvalue weighted by Crippen LogP contribution is -2.49. The summed E-state index contributed by atoms with van der Waals surface area (Å²) in [5.41, 5.74) is 0. The molecule has 0 N–H and O–H groups in total. The molecule has 2 fully saturated rings. The van der Waals surface area contributed by atoms with Crippen LogP contribution < -0.4 is 0 Å². The molecule has 0 spiro atoms. The molecule has 1 unspecified atom stereocenters. The van der Waals surface area contributed by atoms with Crippen molar-refractivity contribution in [1.29, 1.82) is 0 Å². The van der Waals surface area contributed by atoms with E-state index in [2.05, 4.69) is 4.90 Å². The third-order valence-electron chi connectivity index (χ3n) is 2.95. The minimum absolute atomic E-state index is 0.0103. The van der Waals surface area contributed by atoms with Gasteiger partial charge in [-0.3, -0.25) is 9.69 Å². The molecule has 80 valence electrons. The van der Waals surface area contributed by atoms with Crippen molar-refractivity contribution in [2.75, 3.05) is 33.4 Å². The Hall–Kier alpha value is -0.610. The second kappa shape index (κ2) is 4.28. The van der Waals surface area contributed by atoms with E-state index in [0.29, 0.717) is 5.92 Å². The lowest BCUT2D eigenvalue weighted by atomic mass is 10.1. The van der Waals surface area contributed by atoms with E-state index in [0.717, 1.165) is 39.1 Å². The molecule has 4 heteroatoms. The number of esters is 1. The zero-order valence-electron chi connectivity index (χ0n) is 8.57. The van der Waals surface area contributed by atoms with Crippen molar-refractivity contribution in [2.24, 2.45) is 5.92 Å². The molecule has 0 bridgehead atoms. The summed E-state index contributed by atoms with van der Waals surface area (Å²) >= 11 is 0. The Morgan fingerprint density at radius 2 is 2.07 bits per heavy atom. The van der Waals surface area contributed by atoms with Gasteiger partial charge in [-0.05, 0) is 18.8 Å². The van der Waals surface area contributed by atoms with E-state index in [1.165, 1.54) is 7.11 Å². The molecular formula is C10H17NO3. The van der Waals surface area contributed by atoms with Crippen LogP contribution in [-0.4, -0.2) is 50.3 Å². The zero-order valence-corrected chi connectivity index (χ0v) is 8.57. The van der Waals surface area contributed by atoms with Crippen LogP contribution in [0.4, 0.5) is 0 Å². The number of methoxy groups -OCH3 is 1. The SMILES string of the molecule is COC(=O)C(C1CC1)N1CCOCC1. The van der Waals surface area contributed by atoms with Gasteiger partial charge >= 0.3 is 5.97 Å². The van der Waals surface area contributed by atoms with Crippen LogP contribution in [0.3, 0.4) is 0 Å². The fraction of sp³-hybridized carbons (Fsp3) is 0.900. The summed E-state index contributed by atoms with van der Waals surface area (Å²) in [6.07, 6.45) is 2.33. The molecule has 0 aromatic carbocycles. The molecule has 1 heterocycles. The van der Waals surface area contributed by atoms with E-state index >= 15 is 0 Å². The van der Waals surface area contributed by atoms with Gasteiger partial charge in [-0.1, -0.05) is 0 Å². The molecule has 0 amide bonds.